The van der Waals surface area contributed by atoms with Crippen molar-refractivity contribution in [2.45, 2.75) is 33.6 Å². The highest BCUT2D eigenvalue weighted by molar-refractivity contribution is 5.97. The molecule has 0 atom stereocenters. The molecule has 1 aromatic heterocycles. The van der Waals surface area contributed by atoms with Gasteiger partial charge in [0.2, 0.25) is 0 Å². The molecule has 0 aromatic carbocycles. The molecule has 1 heterocycles. The van der Waals surface area contributed by atoms with Crippen LogP contribution in [0.2, 0.25) is 0 Å². The zero-order chi connectivity index (χ0) is 13.8. The number of rotatable bonds is 6. The van der Waals surface area contributed by atoms with Gasteiger partial charge in [-0.25, -0.2) is 0 Å². The van der Waals surface area contributed by atoms with Crippen molar-refractivity contribution >= 4 is 11.6 Å². The Morgan fingerprint density at radius 3 is 2.72 bits per heavy atom. The zero-order valence-electron chi connectivity index (χ0n) is 11.2. The predicted octanol–water partition coefficient (Wildman–Crippen LogP) is 0.693. The maximum absolute atomic E-state index is 11.9. The minimum Gasteiger partial charge on any atom is -0.396 e. The molecule has 0 radical (unpaired) electrons. The van der Waals surface area contributed by atoms with Gasteiger partial charge < -0.3 is 16.2 Å². The van der Waals surface area contributed by atoms with Crippen molar-refractivity contribution in [1.82, 2.24) is 15.5 Å². The molecule has 1 amide bonds. The van der Waals surface area contributed by atoms with Crippen molar-refractivity contribution in [3.05, 3.63) is 11.4 Å². The number of anilines is 1. The van der Waals surface area contributed by atoms with E-state index >= 15 is 0 Å². The summed E-state index contributed by atoms with van der Waals surface area (Å²) in [7, 11) is 0. The number of aliphatic hydroxyl groups is 1. The predicted molar refractivity (Wildman–Crippen MR) is 70.2 cm³/mol. The van der Waals surface area contributed by atoms with Gasteiger partial charge in [0.1, 0.15) is 0 Å². The van der Waals surface area contributed by atoms with Crippen molar-refractivity contribution in [1.29, 1.82) is 0 Å². The van der Waals surface area contributed by atoms with Gasteiger partial charge in [-0.3, -0.25) is 9.89 Å². The number of nitrogens with one attached hydrogen (secondary N) is 2. The van der Waals surface area contributed by atoms with Crippen molar-refractivity contribution in [2.24, 2.45) is 5.41 Å². The number of aromatic nitrogens is 2. The van der Waals surface area contributed by atoms with Gasteiger partial charge in [0.15, 0.2) is 5.69 Å². The lowest BCUT2D eigenvalue weighted by Crippen LogP contribution is -2.35. The number of aliphatic hydroxyl groups excluding tert-OH is 1. The summed E-state index contributed by atoms with van der Waals surface area (Å²) in [6.45, 7) is 6.48. The zero-order valence-corrected chi connectivity index (χ0v) is 11.2. The largest absolute Gasteiger partial charge is 0.396 e. The number of carbonyl (C=O) groups is 1. The Morgan fingerprint density at radius 1 is 1.56 bits per heavy atom. The second kappa shape index (κ2) is 5.86. The van der Waals surface area contributed by atoms with Gasteiger partial charge in [0, 0.05) is 13.2 Å². The first-order valence-corrected chi connectivity index (χ1v) is 6.13. The number of nitrogen functional groups attached to an aromatic ring is 1. The molecule has 0 aliphatic heterocycles. The number of carbonyl (C=O) groups excluding carboxylic acids is 1. The van der Waals surface area contributed by atoms with E-state index in [-0.39, 0.29) is 23.6 Å². The highest BCUT2D eigenvalue weighted by atomic mass is 16.3. The monoisotopic (exact) mass is 254 g/mol. The van der Waals surface area contributed by atoms with Crippen LogP contribution in [0.3, 0.4) is 0 Å². The molecule has 0 saturated heterocycles. The molecule has 6 nitrogen and oxygen atoms in total. The van der Waals surface area contributed by atoms with E-state index in [1.54, 1.807) is 0 Å². The standard InChI is InChI=1S/C12H22N4O2/c1-4-8-9(13)10(16-15-8)11(18)14-7-12(2,3)5-6-17/h17H,4-7,13H2,1-3H3,(H,14,18)(H,15,16). The van der Waals surface area contributed by atoms with Crippen LogP contribution in [0, 0.1) is 5.41 Å². The van der Waals surface area contributed by atoms with Gasteiger partial charge in [-0.15, -0.1) is 0 Å². The van der Waals surface area contributed by atoms with Crippen molar-refractivity contribution in [3.8, 4) is 0 Å². The van der Waals surface area contributed by atoms with E-state index in [1.165, 1.54) is 0 Å². The molecule has 1 rings (SSSR count). The minimum absolute atomic E-state index is 0.105. The second-order valence-electron chi connectivity index (χ2n) is 5.14. The summed E-state index contributed by atoms with van der Waals surface area (Å²) in [5, 5.41) is 18.4. The quantitative estimate of drug-likeness (QED) is 0.599. The van der Waals surface area contributed by atoms with E-state index in [0.717, 1.165) is 5.69 Å². The average molecular weight is 254 g/mol. The van der Waals surface area contributed by atoms with E-state index in [2.05, 4.69) is 15.5 Å². The molecule has 5 N–H and O–H groups in total. The van der Waals surface area contributed by atoms with Crippen LogP contribution >= 0.6 is 0 Å². The third-order valence-electron chi connectivity index (χ3n) is 2.97. The third-order valence-corrected chi connectivity index (χ3v) is 2.97. The number of aromatic amines is 1. The van der Waals surface area contributed by atoms with Gasteiger partial charge in [0.25, 0.3) is 5.91 Å². The Balaban J connectivity index is 2.63. The third kappa shape index (κ3) is 3.46. The van der Waals surface area contributed by atoms with E-state index in [0.29, 0.717) is 25.1 Å². The molecule has 0 saturated carbocycles. The van der Waals surface area contributed by atoms with Crippen molar-refractivity contribution in [2.75, 3.05) is 18.9 Å². The Morgan fingerprint density at radius 2 is 2.22 bits per heavy atom. The maximum Gasteiger partial charge on any atom is 0.273 e. The normalized spacial score (nSPS) is 11.6. The highest BCUT2D eigenvalue weighted by Crippen LogP contribution is 2.19. The summed E-state index contributed by atoms with van der Waals surface area (Å²) in [6.07, 6.45) is 1.34. The van der Waals surface area contributed by atoms with E-state index in [9.17, 15) is 4.79 Å². The van der Waals surface area contributed by atoms with Gasteiger partial charge in [0.05, 0.1) is 11.4 Å². The number of amides is 1. The topological polar surface area (TPSA) is 104 Å². The lowest BCUT2D eigenvalue weighted by Gasteiger charge is -2.23. The lowest BCUT2D eigenvalue weighted by molar-refractivity contribution is 0.0924. The first-order valence-electron chi connectivity index (χ1n) is 6.13. The summed E-state index contributed by atoms with van der Waals surface area (Å²) in [6, 6.07) is 0. The molecule has 0 fully saturated rings. The summed E-state index contributed by atoms with van der Waals surface area (Å²) < 4.78 is 0. The Hall–Kier alpha value is -1.56. The van der Waals surface area contributed by atoms with Crippen molar-refractivity contribution < 1.29 is 9.90 Å². The average Bonchev–Trinajstić information content (AvgIpc) is 2.67. The van der Waals surface area contributed by atoms with Crippen LogP contribution in [0.4, 0.5) is 5.69 Å². The molecule has 0 aliphatic carbocycles. The summed E-state index contributed by atoms with van der Waals surface area (Å²) in [5.74, 6) is -0.283. The van der Waals surface area contributed by atoms with Gasteiger partial charge in [-0.2, -0.15) is 5.10 Å². The number of H-pyrrole nitrogens is 1. The van der Waals surface area contributed by atoms with Crippen LogP contribution in [-0.2, 0) is 6.42 Å². The lowest BCUT2D eigenvalue weighted by atomic mass is 9.90. The van der Waals surface area contributed by atoms with Gasteiger partial charge in [-0.05, 0) is 18.3 Å². The summed E-state index contributed by atoms with van der Waals surface area (Å²) in [5.41, 5.74) is 7.10. The minimum atomic E-state index is -0.283. The van der Waals surface area contributed by atoms with Crippen LogP contribution in [-0.4, -0.2) is 34.4 Å². The summed E-state index contributed by atoms with van der Waals surface area (Å²) >= 11 is 0. The van der Waals surface area contributed by atoms with E-state index < -0.39 is 0 Å². The molecule has 0 spiro atoms. The van der Waals surface area contributed by atoms with Gasteiger partial charge in [-0.1, -0.05) is 20.8 Å². The first kappa shape index (κ1) is 14.5. The summed E-state index contributed by atoms with van der Waals surface area (Å²) in [4.78, 5) is 11.9. The fourth-order valence-electron chi connectivity index (χ4n) is 1.62. The number of nitrogens with zero attached hydrogens (tertiary/aromatic N) is 1. The van der Waals surface area contributed by atoms with E-state index in [1.807, 2.05) is 20.8 Å². The van der Waals surface area contributed by atoms with Crippen LogP contribution in [0.5, 0.6) is 0 Å². The number of aryl methyl sites for hydroxylation is 1. The molecule has 1 aromatic rings. The Kier molecular flexibility index (Phi) is 4.72. The number of nitrogens with two attached hydrogens (primary N) is 1. The second-order valence-corrected chi connectivity index (χ2v) is 5.14. The molecular weight excluding hydrogens is 232 g/mol. The SMILES string of the molecule is CCc1[nH]nc(C(=O)NCC(C)(C)CCO)c1N. The number of hydrogen-bond donors (Lipinski definition) is 4. The van der Waals surface area contributed by atoms with Crippen molar-refractivity contribution in [3.63, 3.8) is 0 Å². The smallest absolute Gasteiger partial charge is 0.273 e. The molecule has 0 unspecified atom stereocenters. The van der Waals surface area contributed by atoms with Crippen LogP contribution in [0.1, 0.15) is 43.4 Å². The molecule has 6 heteroatoms. The fourth-order valence-corrected chi connectivity index (χ4v) is 1.62. The molecule has 18 heavy (non-hydrogen) atoms. The molecule has 0 aliphatic rings. The fraction of sp³-hybridized carbons (Fsp3) is 0.667. The number of hydrogen-bond acceptors (Lipinski definition) is 4. The van der Waals surface area contributed by atoms with Crippen LogP contribution in [0.15, 0.2) is 0 Å². The molecule has 0 bridgehead atoms. The highest BCUT2D eigenvalue weighted by Gasteiger charge is 2.21. The maximum atomic E-state index is 11.9. The Labute approximate surface area is 107 Å². The van der Waals surface area contributed by atoms with Gasteiger partial charge >= 0.3 is 0 Å². The molecular formula is C12H22N4O2. The van der Waals surface area contributed by atoms with E-state index in [4.69, 9.17) is 10.8 Å². The first-order chi connectivity index (χ1) is 8.41. The molecule has 102 valence electrons. The van der Waals surface area contributed by atoms with Crippen LogP contribution < -0.4 is 11.1 Å². The Bertz CT molecular complexity index is 412. The van der Waals surface area contributed by atoms with Crippen LogP contribution in [0.25, 0.3) is 0 Å².